The molecule has 1 N–H and O–H groups in total. The number of hydrogen-bond donors (Lipinski definition) is 1. The van der Waals surface area contributed by atoms with E-state index in [1.165, 1.54) is 32.1 Å². The summed E-state index contributed by atoms with van der Waals surface area (Å²) >= 11 is 0. The molecule has 1 aromatic heterocycles. The molecular formula is C15H28N4. The molecule has 0 bridgehead atoms. The van der Waals surface area contributed by atoms with E-state index in [2.05, 4.69) is 46.9 Å². The Balaban J connectivity index is 1.94. The summed E-state index contributed by atoms with van der Waals surface area (Å²) in [5.74, 6) is 1.06. The van der Waals surface area contributed by atoms with Gasteiger partial charge in [-0.25, -0.2) is 4.98 Å². The lowest BCUT2D eigenvalue weighted by atomic mass is 9.96. The Kier molecular flexibility index (Phi) is 5.25. The number of nitrogens with one attached hydrogen (secondary N) is 1. The van der Waals surface area contributed by atoms with Crippen LogP contribution in [0.3, 0.4) is 0 Å². The maximum atomic E-state index is 4.64. The third-order valence-corrected chi connectivity index (χ3v) is 4.10. The van der Waals surface area contributed by atoms with Crippen molar-refractivity contribution < 1.29 is 0 Å². The molecule has 1 aliphatic carbocycles. The van der Waals surface area contributed by atoms with Gasteiger partial charge in [0.2, 0.25) is 5.95 Å². The lowest BCUT2D eigenvalue weighted by Crippen LogP contribution is -2.26. The molecule has 108 valence electrons. The van der Waals surface area contributed by atoms with Crippen molar-refractivity contribution >= 4 is 5.95 Å². The normalized spacial score (nSPS) is 17.1. The third-order valence-electron chi connectivity index (χ3n) is 4.10. The quantitative estimate of drug-likeness (QED) is 0.857. The summed E-state index contributed by atoms with van der Waals surface area (Å²) in [4.78, 5) is 6.97. The molecular weight excluding hydrogens is 236 g/mol. The Hall–Kier alpha value is -1.03. The first-order valence-corrected chi connectivity index (χ1v) is 7.68. The van der Waals surface area contributed by atoms with E-state index >= 15 is 0 Å². The molecule has 0 unspecified atom stereocenters. The van der Waals surface area contributed by atoms with Gasteiger partial charge in [0, 0.05) is 25.3 Å². The fourth-order valence-electron chi connectivity index (χ4n) is 2.70. The lowest BCUT2D eigenvalue weighted by molar-refractivity contribution is 0.335. The maximum absolute atomic E-state index is 4.64. The molecule has 0 aromatic carbocycles. The fraction of sp³-hybridized carbons (Fsp3) is 0.800. The van der Waals surface area contributed by atoms with E-state index in [1.807, 2.05) is 0 Å². The minimum atomic E-state index is 0.623. The van der Waals surface area contributed by atoms with Gasteiger partial charge in [0.25, 0.3) is 0 Å². The second-order valence-electron chi connectivity index (χ2n) is 5.77. The molecule has 2 rings (SSSR count). The van der Waals surface area contributed by atoms with Crippen LogP contribution in [0.15, 0.2) is 6.20 Å². The molecule has 0 atom stereocenters. The Morgan fingerprint density at radius 2 is 2.11 bits per heavy atom. The average Bonchev–Trinajstić information content (AvgIpc) is 2.77. The fourth-order valence-corrected chi connectivity index (χ4v) is 2.70. The topological polar surface area (TPSA) is 33.1 Å². The van der Waals surface area contributed by atoms with Crippen molar-refractivity contribution in [3.05, 3.63) is 11.9 Å². The number of rotatable bonds is 6. The molecule has 1 heterocycles. The summed E-state index contributed by atoms with van der Waals surface area (Å²) in [5.41, 5.74) is 1.11. The Morgan fingerprint density at radius 1 is 1.37 bits per heavy atom. The first kappa shape index (κ1) is 14.4. The molecule has 4 heteroatoms. The second-order valence-corrected chi connectivity index (χ2v) is 5.77. The molecule has 4 nitrogen and oxygen atoms in total. The van der Waals surface area contributed by atoms with Crippen LogP contribution in [0.5, 0.6) is 0 Å². The van der Waals surface area contributed by atoms with Crippen molar-refractivity contribution in [1.29, 1.82) is 0 Å². The van der Waals surface area contributed by atoms with Crippen LogP contribution in [0, 0.1) is 6.92 Å². The van der Waals surface area contributed by atoms with Crippen LogP contribution in [-0.2, 0) is 6.54 Å². The minimum absolute atomic E-state index is 0.623. The van der Waals surface area contributed by atoms with Crippen LogP contribution in [0.25, 0.3) is 0 Å². The van der Waals surface area contributed by atoms with Crippen molar-refractivity contribution in [2.75, 3.05) is 25.5 Å². The van der Waals surface area contributed by atoms with E-state index in [9.17, 15) is 0 Å². The highest BCUT2D eigenvalue weighted by Crippen LogP contribution is 2.21. The first-order valence-electron chi connectivity index (χ1n) is 7.68. The van der Waals surface area contributed by atoms with Gasteiger partial charge in [-0.05, 0) is 33.4 Å². The highest BCUT2D eigenvalue weighted by molar-refractivity contribution is 5.30. The highest BCUT2D eigenvalue weighted by atomic mass is 15.2. The molecule has 0 spiro atoms. The monoisotopic (exact) mass is 264 g/mol. The van der Waals surface area contributed by atoms with Gasteiger partial charge in [0.1, 0.15) is 0 Å². The average molecular weight is 264 g/mol. The molecule has 1 fully saturated rings. The molecule has 1 aromatic rings. The standard InChI is InChI=1S/C15H28N4/c1-4-18(3)10-11-19-12-13(2)16-15(19)17-14-8-6-5-7-9-14/h12,14H,4-11H2,1-3H3,(H,16,17). The van der Waals surface area contributed by atoms with Gasteiger partial charge in [-0.3, -0.25) is 0 Å². The SMILES string of the molecule is CCN(C)CCn1cc(C)nc1NC1CCCCC1. The van der Waals surface area contributed by atoms with Gasteiger partial charge in [0.15, 0.2) is 0 Å². The zero-order valence-electron chi connectivity index (χ0n) is 12.7. The van der Waals surface area contributed by atoms with Gasteiger partial charge in [-0.15, -0.1) is 0 Å². The number of aryl methyl sites for hydroxylation is 1. The van der Waals surface area contributed by atoms with Crippen LogP contribution < -0.4 is 5.32 Å². The van der Waals surface area contributed by atoms with Crippen LogP contribution >= 0.6 is 0 Å². The largest absolute Gasteiger partial charge is 0.353 e. The molecule has 19 heavy (non-hydrogen) atoms. The summed E-state index contributed by atoms with van der Waals surface area (Å²) in [5, 5.41) is 3.65. The Bertz CT molecular complexity index is 379. The number of aromatic nitrogens is 2. The van der Waals surface area contributed by atoms with Crippen molar-refractivity contribution in [1.82, 2.24) is 14.5 Å². The molecule has 0 aliphatic heterocycles. The predicted molar refractivity (Wildman–Crippen MR) is 80.6 cm³/mol. The van der Waals surface area contributed by atoms with E-state index in [4.69, 9.17) is 0 Å². The summed E-state index contributed by atoms with van der Waals surface area (Å²) < 4.78 is 2.27. The van der Waals surface area contributed by atoms with Crippen molar-refractivity contribution in [2.45, 2.75) is 58.5 Å². The van der Waals surface area contributed by atoms with Crippen molar-refractivity contribution in [3.8, 4) is 0 Å². The minimum Gasteiger partial charge on any atom is -0.353 e. The Morgan fingerprint density at radius 3 is 2.79 bits per heavy atom. The number of likely N-dealkylation sites (N-methyl/N-ethyl adjacent to an activating group) is 1. The molecule has 0 saturated heterocycles. The van der Waals surface area contributed by atoms with Crippen LogP contribution in [-0.4, -0.2) is 40.6 Å². The number of hydrogen-bond acceptors (Lipinski definition) is 3. The van der Waals surface area contributed by atoms with E-state index in [0.717, 1.165) is 31.3 Å². The lowest BCUT2D eigenvalue weighted by Gasteiger charge is -2.24. The summed E-state index contributed by atoms with van der Waals surface area (Å²) in [6, 6.07) is 0.623. The summed E-state index contributed by atoms with van der Waals surface area (Å²) in [7, 11) is 2.16. The molecule has 1 aliphatic rings. The maximum Gasteiger partial charge on any atom is 0.203 e. The van der Waals surface area contributed by atoms with Gasteiger partial charge in [0.05, 0.1) is 5.69 Å². The summed E-state index contributed by atoms with van der Waals surface area (Å²) in [6.07, 6.45) is 8.86. The number of anilines is 1. The van der Waals surface area contributed by atoms with Crippen LogP contribution in [0.4, 0.5) is 5.95 Å². The smallest absolute Gasteiger partial charge is 0.203 e. The van der Waals surface area contributed by atoms with E-state index in [-0.39, 0.29) is 0 Å². The first-order chi connectivity index (χ1) is 9.19. The zero-order valence-corrected chi connectivity index (χ0v) is 12.7. The van der Waals surface area contributed by atoms with Gasteiger partial charge in [-0.1, -0.05) is 26.2 Å². The van der Waals surface area contributed by atoms with E-state index in [0.29, 0.717) is 6.04 Å². The van der Waals surface area contributed by atoms with Crippen molar-refractivity contribution in [2.24, 2.45) is 0 Å². The van der Waals surface area contributed by atoms with E-state index in [1.54, 1.807) is 0 Å². The van der Waals surface area contributed by atoms with Crippen LogP contribution in [0.1, 0.15) is 44.7 Å². The predicted octanol–water partition coefficient (Wildman–Crippen LogP) is 2.89. The van der Waals surface area contributed by atoms with Crippen LogP contribution in [0.2, 0.25) is 0 Å². The van der Waals surface area contributed by atoms with Gasteiger partial charge >= 0.3 is 0 Å². The second kappa shape index (κ2) is 6.94. The highest BCUT2D eigenvalue weighted by Gasteiger charge is 2.15. The Labute approximate surface area is 117 Å². The van der Waals surface area contributed by atoms with Gasteiger partial charge in [-0.2, -0.15) is 0 Å². The molecule has 0 amide bonds. The van der Waals surface area contributed by atoms with Crippen molar-refractivity contribution in [3.63, 3.8) is 0 Å². The van der Waals surface area contributed by atoms with E-state index < -0.39 is 0 Å². The third kappa shape index (κ3) is 4.23. The molecule has 0 radical (unpaired) electrons. The molecule has 1 saturated carbocycles. The summed E-state index contributed by atoms with van der Waals surface area (Å²) in [6.45, 7) is 7.46. The zero-order chi connectivity index (χ0) is 13.7. The van der Waals surface area contributed by atoms with Gasteiger partial charge < -0.3 is 14.8 Å². The number of nitrogens with zero attached hydrogens (tertiary/aromatic N) is 3. The number of imidazole rings is 1.